The number of hydrogen-bond acceptors (Lipinski definition) is 7. The summed E-state index contributed by atoms with van der Waals surface area (Å²) in [5, 5.41) is 21.3. The maximum absolute atomic E-state index is 14.9. The molecule has 1 aliphatic heterocycles. The highest BCUT2D eigenvalue weighted by atomic mass is 32.2. The van der Waals surface area contributed by atoms with Crippen molar-refractivity contribution < 1.29 is 35.9 Å². The third-order valence-corrected chi connectivity index (χ3v) is 10.0. The van der Waals surface area contributed by atoms with E-state index in [1.807, 2.05) is 23.1 Å². The zero-order valence-electron chi connectivity index (χ0n) is 23.8. The van der Waals surface area contributed by atoms with E-state index in [2.05, 4.69) is 4.98 Å². The predicted octanol–water partition coefficient (Wildman–Crippen LogP) is 5.80. The smallest absolute Gasteiger partial charge is 0.391 e. The second kappa shape index (κ2) is 11.8. The zero-order chi connectivity index (χ0) is 32.1. The number of sulfonamides is 1. The largest absolute Gasteiger partial charge is 0.476 e. The molecule has 2 aliphatic rings. The fourth-order valence-corrected chi connectivity index (χ4v) is 7.09. The first-order valence-electron chi connectivity index (χ1n) is 14.3. The van der Waals surface area contributed by atoms with Gasteiger partial charge in [-0.05, 0) is 67.9 Å². The Bertz CT molecular complexity index is 1860. The number of hydrogen-bond donors (Lipinski definition) is 2. The van der Waals surface area contributed by atoms with Crippen LogP contribution in [0, 0.1) is 17.7 Å². The summed E-state index contributed by atoms with van der Waals surface area (Å²) in [6, 6.07) is 11.1. The molecule has 2 aromatic heterocycles. The van der Waals surface area contributed by atoms with Gasteiger partial charge in [0.05, 0.1) is 17.3 Å². The number of benzene rings is 2. The molecule has 0 atom stereocenters. The maximum atomic E-state index is 14.9. The molecule has 1 saturated heterocycles. The van der Waals surface area contributed by atoms with Gasteiger partial charge in [-0.3, -0.25) is 0 Å². The van der Waals surface area contributed by atoms with Crippen molar-refractivity contribution in [1.82, 2.24) is 14.8 Å². The molecule has 3 N–H and O–H groups in total. The quantitative estimate of drug-likeness (QED) is 0.216. The highest BCUT2D eigenvalue weighted by Gasteiger charge is 2.41. The SMILES string of the molecule is NS(=O)(=O)c1ccc(Cc2c(-c3cccc(N4CCC(C(F)(F)F)CC4)c3)nn(-c3nc(C(=O)O)cs3)c2CC2CC2)cc1F. The second-order valence-electron chi connectivity index (χ2n) is 11.5. The number of primary sulfonamides is 1. The van der Waals surface area contributed by atoms with Gasteiger partial charge in [0.1, 0.15) is 10.7 Å². The number of carbonyl (C=O) groups is 1. The van der Waals surface area contributed by atoms with E-state index in [0.717, 1.165) is 53.3 Å². The molecule has 0 radical (unpaired) electrons. The Kier molecular flexibility index (Phi) is 8.20. The summed E-state index contributed by atoms with van der Waals surface area (Å²) in [6.45, 7) is 0.489. The number of carboxylic acids is 1. The Morgan fingerprint density at radius 1 is 1.09 bits per heavy atom. The third kappa shape index (κ3) is 6.75. The van der Waals surface area contributed by atoms with Gasteiger partial charge in [-0.2, -0.15) is 18.3 Å². The summed E-state index contributed by atoms with van der Waals surface area (Å²) >= 11 is 1.12. The van der Waals surface area contributed by atoms with E-state index in [9.17, 15) is 35.9 Å². The molecule has 238 valence electrons. The molecular formula is C30H29F4N5O4S2. The van der Waals surface area contributed by atoms with E-state index >= 15 is 0 Å². The highest BCUT2D eigenvalue weighted by Crippen LogP contribution is 2.40. The van der Waals surface area contributed by atoms with E-state index in [4.69, 9.17) is 10.2 Å². The molecule has 2 aromatic carbocycles. The number of nitrogens with two attached hydrogens (primary N) is 1. The van der Waals surface area contributed by atoms with E-state index in [-0.39, 0.29) is 38.0 Å². The average Bonchev–Trinajstić information content (AvgIpc) is 3.54. The number of piperidine rings is 1. The summed E-state index contributed by atoms with van der Waals surface area (Å²) in [5.41, 5.74) is 3.78. The average molecular weight is 664 g/mol. The van der Waals surface area contributed by atoms with Crippen LogP contribution in [0.15, 0.2) is 52.7 Å². The number of aromatic carboxylic acids is 1. The van der Waals surface area contributed by atoms with E-state index in [1.54, 1.807) is 10.7 Å². The van der Waals surface area contributed by atoms with Crippen molar-refractivity contribution in [1.29, 1.82) is 0 Å². The van der Waals surface area contributed by atoms with Crippen LogP contribution in [0.2, 0.25) is 0 Å². The second-order valence-corrected chi connectivity index (χ2v) is 13.9. The molecule has 0 bridgehead atoms. The maximum Gasteiger partial charge on any atom is 0.391 e. The van der Waals surface area contributed by atoms with E-state index in [0.29, 0.717) is 34.3 Å². The van der Waals surface area contributed by atoms with Gasteiger partial charge in [0, 0.05) is 41.7 Å². The number of nitrogens with zero attached hydrogens (tertiary/aromatic N) is 4. The fourth-order valence-electron chi connectivity index (χ4n) is 5.73. The zero-order valence-corrected chi connectivity index (χ0v) is 25.4. The van der Waals surface area contributed by atoms with Crippen molar-refractivity contribution in [2.45, 2.75) is 49.6 Å². The van der Waals surface area contributed by atoms with Crippen molar-refractivity contribution in [3.05, 3.63) is 76.2 Å². The first kappa shape index (κ1) is 31.2. The molecule has 9 nitrogen and oxygen atoms in total. The topological polar surface area (TPSA) is 131 Å². The first-order valence-corrected chi connectivity index (χ1v) is 16.7. The predicted molar refractivity (Wildman–Crippen MR) is 160 cm³/mol. The summed E-state index contributed by atoms with van der Waals surface area (Å²) < 4.78 is 79.9. The number of alkyl halides is 3. The van der Waals surface area contributed by atoms with Gasteiger partial charge in [0.25, 0.3) is 0 Å². The molecule has 45 heavy (non-hydrogen) atoms. The standard InChI is InChI=1S/C30H29F4N5O4S2/c31-23-13-18(6-7-26(23)45(35,42)43)12-22-25(14-17-4-5-17)39(29-36-24(16-44-29)28(40)41)37-27(22)19-2-1-3-21(15-19)38-10-8-20(9-11-38)30(32,33)34/h1-3,6-7,13,15-17,20H,4-5,8-12,14H2,(H,40,41)(H2,35,42,43). The Labute approximate surface area is 260 Å². The lowest BCUT2D eigenvalue weighted by molar-refractivity contribution is -0.179. The fraction of sp³-hybridized carbons (Fsp3) is 0.367. The van der Waals surface area contributed by atoms with Crippen LogP contribution in [-0.4, -0.2) is 53.5 Å². The Morgan fingerprint density at radius 3 is 2.42 bits per heavy atom. The normalized spacial score (nSPS) is 16.3. The molecule has 0 amide bonds. The van der Waals surface area contributed by atoms with Crippen LogP contribution in [-0.2, 0) is 22.9 Å². The van der Waals surface area contributed by atoms with Crippen molar-refractivity contribution in [2.75, 3.05) is 18.0 Å². The molecule has 0 spiro atoms. The summed E-state index contributed by atoms with van der Waals surface area (Å²) in [7, 11) is -4.27. The third-order valence-electron chi connectivity index (χ3n) is 8.29. The lowest BCUT2D eigenvalue weighted by Crippen LogP contribution is -2.39. The van der Waals surface area contributed by atoms with Gasteiger partial charge in [-0.15, -0.1) is 11.3 Å². The van der Waals surface area contributed by atoms with Gasteiger partial charge < -0.3 is 10.0 Å². The molecule has 2 fully saturated rings. The van der Waals surface area contributed by atoms with E-state index in [1.165, 1.54) is 11.4 Å². The minimum atomic E-state index is -4.27. The van der Waals surface area contributed by atoms with Crippen LogP contribution in [0.3, 0.4) is 0 Å². The number of aromatic nitrogens is 3. The van der Waals surface area contributed by atoms with Crippen LogP contribution < -0.4 is 10.0 Å². The van der Waals surface area contributed by atoms with Gasteiger partial charge in [0.2, 0.25) is 15.2 Å². The number of carboxylic acid groups (broad SMARTS) is 1. The van der Waals surface area contributed by atoms with Crippen molar-refractivity contribution in [3.8, 4) is 16.4 Å². The molecule has 1 aliphatic carbocycles. The van der Waals surface area contributed by atoms with Gasteiger partial charge >= 0.3 is 12.1 Å². The molecule has 0 unspecified atom stereocenters. The van der Waals surface area contributed by atoms with Crippen LogP contribution in [0.1, 0.15) is 53.0 Å². The van der Waals surface area contributed by atoms with Crippen molar-refractivity contribution in [2.24, 2.45) is 17.0 Å². The molecular weight excluding hydrogens is 634 g/mol. The van der Waals surface area contributed by atoms with Crippen molar-refractivity contribution in [3.63, 3.8) is 0 Å². The Morgan fingerprint density at radius 2 is 1.82 bits per heavy atom. The molecule has 4 aromatic rings. The number of halogens is 4. The number of anilines is 1. The Hall–Kier alpha value is -3.82. The van der Waals surface area contributed by atoms with Crippen LogP contribution in [0.4, 0.5) is 23.2 Å². The number of rotatable bonds is 9. The monoisotopic (exact) mass is 663 g/mol. The Balaban J connectivity index is 1.44. The summed E-state index contributed by atoms with van der Waals surface area (Å²) in [5.74, 6) is -3.13. The molecule has 15 heteroatoms. The van der Waals surface area contributed by atoms with Gasteiger partial charge in [0.15, 0.2) is 5.69 Å². The first-order chi connectivity index (χ1) is 21.3. The number of thiazole rings is 1. The molecule has 1 saturated carbocycles. The van der Waals surface area contributed by atoms with E-state index < -0.39 is 38.8 Å². The molecule has 3 heterocycles. The minimum Gasteiger partial charge on any atom is -0.476 e. The van der Waals surface area contributed by atoms with Crippen molar-refractivity contribution >= 4 is 33.0 Å². The lowest BCUT2D eigenvalue weighted by Gasteiger charge is -2.34. The van der Waals surface area contributed by atoms with Gasteiger partial charge in [-0.25, -0.2) is 32.4 Å². The van der Waals surface area contributed by atoms with Crippen LogP contribution >= 0.6 is 11.3 Å². The highest BCUT2D eigenvalue weighted by molar-refractivity contribution is 7.89. The molecule has 6 rings (SSSR count). The lowest BCUT2D eigenvalue weighted by atomic mass is 9.95. The minimum absolute atomic E-state index is 0.00478. The summed E-state index contributed by atoms with van der Waals surface area (Å²) in [6.07, 6.45) is -1.47. The van der Waals surface area contributed by atoms with Crippen LogP contribution in [0.5, 0.6) is 0 Å². The van der Waals surface area contributed by atoms with Gasteiger partial charge in [-0.1, -0.05) is 18.2 Å². The van der Waals surface area contributed by atoms with Crippen LogP contribution in [0.25, 0.3) is 16.4 Å². The summed E-state index contributed by atoms with van der Waals surface area (Å²) in [4.78, 5) is 17.2.